The summed E-state index contributed by atoms with van der Waals surface area (Å²) in [6.07, 6.45) is 1.04. The summed E-state index contributed by atoms with van der Waals surface area (Å²) in [4.78, 5) is 61.0. The number of amides is 3. The molecule has 0 aliphatic rings. The first-order chi connectivity index (χ1) is 20.4. The molecule has 0 aliphatic carbocycles. The molecule has 0 spiro atoms. The molecule has 0 saturated carbocycles. The van der Waals surface area contributed by atoms with Crippen LogP contribution < -0.4 is 21.8 Å². The smallest absolute Gasteiger partial charge is 0.300 e. The number of carbonyl (C=O) groups is 5. The number of nitrogens with zero attached hydrogens (tertiary/aromatic N) is 1. The number of carboxylic acids is 2. The van der Waals surface area contributed by atoms with E-state index in [9.17, 15) is 19.6 Å². The van der Waals surface area contributed by atoms with E-state index in [0.717, 1.165) is 25.0 Å². The van der Waals surface area contributed by atoms with E-state index < -0.39 is 47.5 Å². The lowest BCUT2D eigenvalue weighted by Gasteiger charge is -2.29. The summed E-state index contributed by atoms with van der Waals surface area (Å²) in [5.74, 6) is -3.90. The molecule has 1 aromatic rings. The minimum atomic E-state index is -0.911. The second kappa shape index (κ2) is 23.4. The Kier molecular flexibility index (Phi) is 22.4. The van der Waals surface area contributed by atoms with Crippen LogP contribution in [0.5, 0.6) is 0 Å². The first-order valence-corrected chi connectivity index (χ1v) is 14.3. The van der Waals surface area contributed by atoms with E-state index >= 15 is 0 Å². The first-order valence-electron chi connectivity index (χ1n) is 14.3. The summed E-state index contributed by atoms with van der Waals surface area (Å²) in [7, 11) is 0. The van der Waals surface area contributed by atoms with Crippen LogP contribution in [0.3, 0.4) is 0 Å². The van der Waals surface area contributed by atoms with Crippen molar-refractivity contribution >= 4 is 35.5 Å². The number of benzene rings is 1. The van der Waals surface area contributed by atoms with Crippen molar-refractivity contribution in [1.29, 1.82) is 0 Å². The maximum absolute atomic E-state index is 13.5. The Balaban J connectivity index is 0. The van der Waals surface area contributed by atoms with Gasteiger partial charge in [0.1, 0.15) is 6.04 Å². The van der Waals surface area contributed by atoms with Crippen LogP contribution in [0.4, 0.5) is 0 Å². The lowest BCUT2D eigenvalue weighted by Crippen LogP contribution is -2.52. The van der Waals surface area contributed by atoms with E-state index in [1.54, 1.807) is 12.4 Å². The van der Waals surface area contributed by atoms with Gasteiger partial charge < -0.3 is 31.7 Å². The Hall–Kier alpha value is -4.04. The van der Waals surface area contributed by atoms with Crippen molar-refractivity contribution in [3.63, 3.8) is 0 Å². The molecule has 0 bridgehead atoms. The molecule has 1 rings (SSSR count). The summed E-state index contributed by atoms with van der Waals surface area (Å²) >= 11 is 0. The molecular weight excluding hydrogens is 574 g/mol. The number of aliphatic imine (C=N–C) groups is 1. The molecule has 14 heteroatoms. The Labute approximate surface area is 259 Å². The molecule has 3 amide bonds. The molecule has 0 aromatic heterocycles. The van der Waals surface area contributed by atoms with Crippen molar-refractivity contribution in [2.24, 2.45) is 34.4 Å². The van der Waals surface area contributed by atoms with Crippen molar-refractivity contribution in [1.82, 2.24) is 16.1 Å². The fraction of sp³-hybridized carbons (Fsp3) is 0.600. The van der Waals surface area contributed by atoms with Gasteiger partial charge in [-0.15, -0.1) is 0 Å². The minimum absolute atomic E-state index is 0.0545. The monoisotopic (exact) mass is 625 g/mol. The summed E-state index contributed by atoms with van der Waals surface area (Å²) in [5, 5.41) is 38.7. The number of aliphatic hydroxyl groups excluding tert-OH is 1. The van der Waals surface area contributed by atoms with Gasteiger partial charge in [0.2, 0.25) is 17.7 Å². The molecule has 3 atom stereocenters. The average molecular weight is 626 g/mol. The molecule has 0 heterocycles. The zero-order valence-electron chi connectivity index (χ0n) is 26.8. The van der Waals surface area contributed by atoms with Gasteiger partial charge in [0, 0.05) is 32.7 Å². The van der Waals surface area contributed by atoms with Crippen LogP contribution in [0.15, 0.2) is 29.3 Å². The number of nitrogens with one attached hydrogen (secondary N) is 3. The molecule has 250 valence electrons. The van der Waals surface area contributed by atoms with Crippen molar-refractivity contribution < 1.29 is 44.5 Å². The highest BCUT2D eigenvalue weighted by atomic mass is 16.5. The van der Waals surface area contributed by atoms with E-state index in [4.69, 9.17) is 30.6 Å². The maximum Gasteiger partial charge on any atom is 0.300 e. The second-order valence-electron chi connectivity index (χ2n) is 11.0. The van der Waals surface area contributed by atoms with E-state index in [-0.39, 0.29) is 31.4 Å². The third kappa shape index (κ3) is 21.6. The van der Waals surface area contributed by atoms with Gasteiger partial charge in [-0.05, 0) is 42.7 Å². The third-order valence-electron chi connectivity index (χ3n) is 5.74. The highest BCUT2D eigenvalue weighted by Gasteiger charge is 2.36. The summed E-state index contributed by atoms with van der Waals surface area (Å²) in [6, 6.07) is 6.59. The van der Waals surface area contributed by atoms with Crippen molar-refractivity contribution in [2.75, 3.05) is 13.2 Å². The Bertz CT molecular complexity index is 1040. The number of nitrogens with two attached hydrogens (primary N) is 1. The molecule has 1 unspecified atom stereocenters. The third-order valence-corrected chi connectivity index (χ3v) is 5.74. The standard InChI is InChI=1S/C26H43N5O5.2C2H4O2/c1-16(2)12-21(22(13-17(3)4)25(34)31-36)24(33)30-23(26(35)28-10-11-32)14-19-6-8-20(9-7-19)15-29-18(5)27;2*1-2(3)4/h6-9,16-17,21-23,32,36H,10-15H2,1-5H3,(H2,27,29)(H,28,35)(H,30,33)(H,31,34);2*1H3,(H,3,4)/t21-,22?,23+;;/m1../s1. The maximum atomic E-state index is 13.5. The minimum Gasteiger partial charge on any atom is -0.481 e. The normalized spacial score (nSPS) is 12.8. The van der Waals surface area contributed by atoms with Gasteiger partial charge in [-0.2, -0.15) is 0 Å². The van der Waals surface area contributed by atoms with Crippen LogP contribution in [-0.2, 0) is 36.9 Å². The van der Waals surface area contributed by atoms with Crippen LogP contribution >= 0.6 is 0 Å². The van der Waals surface area contributed by atoms with Gasteiger partial charge in [0.25, 0.3) is 11.9 Å². The number of hydroxylamine groups is 1. The number of carboxylic acid groups (broad SMARTS) is 2. The molecule has 0 saturated heterocycles. The highest BCUT2D eigenvalue weighted by molar-refractivity contribution is 5.91. The Morgan fingerprint density at radius 3 is 1.61 bits per heavy atom. The largest absolute Gasteiger partial charge is 0.481 e. The van der Waals surface area contributed by atoms with Crippen molar-refractivity contribution in [2.45, 2.75) is 80.3 Å². The van der Waals surface area contributed by atoms with E-state index in [0.29, 0.717) is 25.2 Å². The number of amidine groups is 1. The highest BCUT2D eigenvalue weighted by Crippen LogP contribution is 2.27. The van der Waals surface area contributed by atoms with Crippen LogP contribution in [0.1, 0.15) is 72.4 Å². The molecular formula is C30H51N5O9. The van der Waals surface area contributed by atoms with Crippen LogP contribution in [0, 0.1) is 23.7 Å². The number of rotatable bonds is 15. The zero-order valence-corrected chi connectivity index (χ0v) is 26.8. The van der Waals surface area contributed by atoms with Gasteiger partial charge in [-0.1, -0.05) is 52.0 Å². The lowest BCUT2D eigenvalue weighted by molar-refractivity contribution is -0.142. The predicted octanol–water partition coefficient (Wildman–Crippen LogP) is 1.71. The quantitative estimate of drug-likeness (QED) is 0.0607. The number of carbonyl (C=O) groups excluding carboxylic acids is 3. The first kappa shape index (κ1) is 42.1. The number of aliphatic hydroxyl groups is 1. The fourth-order valence-electron chi connectivity index (χ4n) is 4.03. The lowest BCUT2D eigenvalue weighted by atomic mass is 9.79. The van der Waals surface area contributed by atoms with Gasteiger partial charge in [-0.3, -0.25) is 34.2 Å². The Morgan fingerprint density at radius 2 is 1.23 bits per heavy atom. The summed E-state index contributed by atoms with van der Waals surface area (Å²) in [5.41, 5.74) is 9.08. The van der Waals surface area contributed by atoms with Gasteiger partial charge >= 0.3 is 0 Å². The van der Waals surface area contributed by atoms with Crippen LogP contribution in [0.25, 0.3) is 0 Å². The molecule has 1 aromatic carbocycles. The fourth-order valence-corrected chi connectivity index (χ4v) is 4.03. The van der Waals surface area contributed by atoms with Gasteiger partial charge in [-0.25, -0.2) is 5.48 Å². The molecule has 14 nitrogen and oxygen atoms in total. The average Bonchev–Trinajstić information content (AvgIpc) is 2.91. The topological polar surface area (TPSA) is 241 Å². The molecule has 9 N–H and O–H groups in total. The van der Waals surface area contributed by atoms with Crippen molar-refractivity contribution in [3.05, 3.63) is 35.4 Å². The number of hydrogen-bond donors (Lipinski definition) is 8. The molecule has 0 fully saturated rings. The molecule has 0 aliphatic heterocycles. The predicted molar refractivity (Wildman–Crippen MR) is 166 cm³/mol. The number of aliphatic carboxylic acids is 2. The summed E-state index contributed by atoms with van der Waals surface area (Å²) in [6.45, 7) is 11.9. The Morgan fingerprint density at radius 1 is 0.795 bits per heavy atom. The molecule has 0 radical (unpaired) electrons. The van der Waals surface area contributed by atoms with E-state index in [1.165, 1.54) is 0 Å². The number of hydrogen-bond acceptors (Lipinski definition) is 8. The van der Waals surface area contributed by atoms with E-state index in [2.05, 4.69) is 15.6 Å². The SMILES string of the molecule is CC(=O)O.CC(=O)O.CC(N)=NCc1ccc(C[C@H](NC(=O)[C@H](CC(C)C)C(CC(C)C)C(=O)NO)C(=O)NCCO)cc1. The van der Waals surface area contributed by atoms with Gasteiger partial charge in [0.15, 0.2) is 0 Å². The van der Waals surface area contributed by atoms with Crippen LogP contribution in [-0.4, -0.2) is 75.2 Å². The van der Waals surface area contributed by atoms with E-state index in [1.807, 2.05) is 52.0 Å². The second-order valence-corrected chi connectivity index (χ2v) is 11.0. The van der Waals surface area contributed by atoms with Gasteiger partial charge in [0.05, 0.1) is 24.9 Å². The zero-order chi connectivity index (χ0) is 34.4. The summed E-state index contributed by atoms with van der Waals surface area (Å²) < 4.78 is 0. The molecule has 44 heavy (non-hydrogen) atoms. The van der Waals surface area contributed by atoms with Crippen molar-refractivity contribution in [3.8, 4) is 0 Å². The van der Waals surface area contributed by atoms with Crippen LogP contribution in [0.2, 0.25) is 0 Å².